The van der Waals surface area contributed by atoms with Gasteiger partial charge in [0.15, 0.2) is 5.40 Å². The molecule has 10 heteroatoms. The van der Waals surface area contributed by atoms with Gasteiger partial charge in [0.25, 0.3) is 0 Å². The van der Waals surface area contributed by atoms with Crippen LogP contribution < -0.4 is 4.57 Å². The van der Waals surface area contributed by atoms with Crippen LogP contribution in [-0.4, -0.2) is 29.5 Å². The molecule has 0 fully saturated rings. The van der Waals surface area contributed by atoms with E-state index in [2.05, 4.69) is 6.92 Å². The highest BCUT2D eigenvalue weighted by atomic mass is 31.2. The highest BCUT2D eigenvalue weighted by molar-refractivity contribution is 7.70. The van der Waals surface area contributed by atoms with Crippen molar-refractivity contribution in [3.8, 4) is 0 Å². The summed E-state index contributed by atoms with van der Waals surface area (Å²) in [5, 5.41) is -2.01. The fourth-order valence-electron chi connectivity index (χ4n) is 2.53. The third-order valence-electron chi connectivity index (χ3n) is 3.92. The zero-order valence-corrected chi connectivity index (χ0v) is 15.9. The first-order chi connectivity index (χ1) is 11.1. The fourth-order valence-corrected chi connectivity index (χ4v) is 4.90. The van der Waals surface area contributed by atoms with Gasteiger partial charge in [-0.15, -0.1) is 0 Å². The lowest BCUT2D eigenvalue weighted by molar-refractivity contribution is -0.694. The molecule has 4 N–H and O–H groups in total. The summed E-state index contributed by atoms with van der Waals surface area (Å²) < 4.78 is 25.9. The molecule has 8 nitrogen and oxygen atoms in total. The first-order valence-corrected chi connectivity index (χ1v) is 11.7. The molecule has 0 spiro atoms. The lowest BCUT2D eigenvalue weighted by Crippen LogP contribution is -2.38. The van der Waals surface area contributed by atoms with E-state index in [4.69, 9.17) is 19.6 Å². The Labute approximate surface area is 142 Å². The van der Waals surface area contributed by atoms with Crippen LogP contribution in [0.1, 0.15) is 51.9 Å². The summed E-state index contributed by atoms with van der Waals surface area (Å²) in [6.45, 7) is 2.54. The summed E-state index contributed by atoms with van der Waals surface area (Å²) in [6.07, 6.45) is 13.3. The van der Waals surface area contributed by atoms with E-state index in [1.807, 2.05) is 4.57 Å². The number of hydrogen-bond acceptors (Lipinski definition) is 2. The molecule has 0 atom stereocenters. The first kappa shape index (κ1) is 21.6. The van der Waals surface area contributed by atoms with Crippen LogP contribution in [0, 0.1) is 0 Å². The predicted molar refractivity (Wildman–Crippen MR) is 90.5 cm³/mol. The number of aromatic nitrogens is 2. The lowest BCUT2D eigenvalue weighted by atomic mass is 10.1. The van der Waals surface area contributed by atoms with E-state index in [9.17, 15) is 9.13 Å². The van der Waals surface area contributed by atoms with Crippen molar-refractivity contribution >= 4 is 15.2 Å². The maximum Gasteiger partial charge on any atom is 0.344 e. The monoisotopic (exact) mass is 383 g/mol. The quantitative estimate of drug-likeness (QED) is 0.249. The largest absolute Gasteiger partial charge is 0.344 e. The van der Waals surface area contributed by atoms with Gasteiger partial charge in [-0.1, -0.05) is 39.0 Å². The molecule has 0 aliphatic carbocycles. The van der Waals surface area contributed by atoms with Crippen LogP contribution in [-0.2, 0) is 22.2 Å². The third kappa shape index (κ3) is 8.06. The van der Waals surface area contributed by atoms with Gasteiger partial charge in [-0.2, -0.15) is 0 Å². The van der Waals surface area contributed by atoms with E-state index >= 15 is 0 Å². The summed E-state index contributed by atoms with van der Waals surface area (Å²) in [7, 11) is -9.77. The standard InChI is InChI=1S/C14H28N2O6P2/c1-2-3-4-5-6-7-8-9-15-10-11-16(13-15)12-14(23(17,18)19)24(20,21)22/h10-11,13-14H,2-9,12H2,1H3,(H3-,17,18,19,20,21,22)/p+1. The van der Waals surface area contributed by atoms with Crippen LogP contribution in [0.15, 0.2) is 18.7 Å². The topological polar surface area (TPSA) is 124 Å². The van der Waals surface area contributed by atoms with Gasteiger partial charge in [0.2, 0.25) is 6.33 Å². The second-order valence-electron chi connectivity index (χ2n) is 6.13. The molecule has 0 saturated heterocycles. The third-order valence-corrected chi connectivity index (χ3v) is 7.60. The molecule has 0 saturated carbocycles. The van der Waals surface area contributed by atoms with Crippen molar-refractivity contribution in [2.24, 2.45) is 0 Å². The molecule has 0 amide bonds. The highest BCUT2D eigenvalue weighted by Gasteiger charge is 2.45. The van der Waals surface area contributed by atoms with Gasteiger partial charge < -0.3 is 19.6 Å². The zero-order valence-electron chi connectivity index (χ0n) is 14.1. The molecule has 1 aromatic rings. The Balaban J connectivity index is 2.45. The number of rotatable bonds is 12. The molecule has 24 heavy (non-hydrogen) atoms. The molecule has 0 aliphatic heterocycles. The Hall–Kier alpha value is -0.490. The van der Waals surface area contributed by atoms with Crippen LogP contribution >= 0.6 is 15.2 Å². The van der Waals surface area contributed by atoms with Crippen molar-refractivity contribution in [3.05, 3.63) is 18.7 Å². The van der Waals surface area contributed by atoms with Crippen molar-refractivity contribution in [2.75, 3.05) is 0 Å². The maximum atomic E-state index is 11.3. The molecule has 0 radical (unpaired) electrons. The first-order valence-electron chi connectivity index (χ1n) is 8.30. The Morgan fingerprint density at radius 2 is 1.50 bits per heavy atom. The second-order valence-corrected chi connectivity index (χ2v) is 10.1. The van der Waals surface area contributed by atoms with Gasteiger partial charge in [-0.05, 0) is 12.8 Å². The number of aryl methyl sites for hydroxylation is 1. The normalized spacial score (nSPS) is 12.9. The minimum Gasteiger partial charge on any atom is -0.324 e. The van der Waals surface area contributed by atoms with E-state index in [1.165, 1.54) is 36.7 Å². The molecule has 140 valence electrons. The summed E-state index contributed by atoms with van der Waals surface area (Å²) in [5.74, 6) is 0. The molecule has 0 aromatic carbocycles. The summed E-state index contributed by atoms with van der Waals surface area (Å²) >= 11 is 0. The van der Waals surface area contributed by atoms with Crippen molar-refractivity contribution in [1.29, 1.82) is 0 Å². The van der Waals surface area contributed by atoms with Gasteiger partial charge >= 0.3 is 15.2 Å². The van der Waals surface area contributed by atoms with Crippen LogP contribution in [0.3, 0.4) is 0 Å². The van der Waals surface area contributed by atoms with Crippen molar-refractivity contribution in [3.63, 3.8) is 0 Å². The van der Waals surface area contributed by atoms with Gasteiger partial charge in [-0.3, -0.25) is 9.13 Å². The van der Waals surface area contributed by atoms with E-state index in [0.29, 0.717) is 0 Å². The van der Waals surface area contributed by atoms with Gasteiger partial charge in [0.1, 0.15) is 18.9 Å². The molecular formula is C14H29N2O6P2+. The van der Waals surface area contributed by atoms with Gasteiger partial charge in [0.05, 0.1) is 6.54 Å². The molecule has 1 aromatic heterocycles. The van der Waals surface area contributed by atoms with E-state index in [0.717, 1.165) is 19.4 Å². The smallest absolute Gasteiger partial charge is 0.324 e. The van der Waals surface area contributed by atoms with E-state index < -0.39 is 27.1 Å². The average Bonchev–Trinajstić information content (AvgIpc) is 2.89. The van der Waals surface area contributed by atoms with Crippen molar-refractivity contribution < 1.29 is 33.3 Å². The molecule has 0 bridgehead atoms. The number of nitrogens with zero attached hydrogens (tertiary/aromatic N) is 2. The number of unbranched alkanes of at least 4 members (excludes halogenated alkanes) is 6. The molecule has 1 heterocycles. The molecule has 0 unspecified atom stereocenters. The van der Waals surface area contributed by atoms with E-state index in [1.54, 1.807) is 18.7 Å². The zero-order chi connectivity index (χ0) is 18.2. The van der Waals surface area contributed by atoms with Gasteiger partial charge in [-0.25, -0.2) is 9.13 Å². The summed E-state index contributed by atoms with van der Waals surface area (Å²) in [4.78, 5) is 36.6. The summed E-state index contributed by atoms with van der Waals surface area (Å²) in [6, 6.07) is 0. The minimum absolute atomic E-state index is 0.418. The fraction of sp³-hybridized carbons (Fsp3) is 0.786. The molecule has 1 rings (SSSR count). The van der Waals surface area contributed by atoms with Crippen molar-refractivity contribution in [2.45, 2.75) is 70.4 Å². The van der Waals surface area contributed by atoms with Crippen LogP contribution in [0.2, 0.25) is 0 Å². The average molecular weight is 383 g/mol. The van der Waals surface area contributed by atoms with Crippen LogP contribution in [0.4, 0.5) is 0 Å². The molecular weight excluding hydrogens is 354 g/mol. The summed E-state index contributed by atoms with van der Waals surface area (Å²) in [5.41, 5.74) is 0. The number of hydrogen-bond donors (Lipinski definition) is 4. The Morgan fingerprint density at radius 3 is 2.04 bits per heavy atom. The minimum atomic E-state index is -4.89. The van der Waals surface area contributed by atoms with Crippen molar-refractivity contribution in [1.82, 2.24) is 4.57 Å². The number of imidazole rings is 1. The lowest BCUT2D eigenvalue weighted by Gasteiger charge is -2.17. The van der Waals surface area contributed by atoms with E-state index in [-0.39, 0.29) is 0 Å². The second kappa shape index (κ2) is 9.85. The van der Waals surface area contributed by atoms with Gasteiger partial charge in [0, 0.05) is 0 Å². The predicted octanol–water partition coefficient (Wildman–Crippen LogP) is 2.21. The van der Waals surface area contributed by atoms with Crippen LogP contribution in [0.25, 0.3) is 0 Å². The maximum absolute atomic E-state index is 11.3. The Morgan fingerprint density at radius 1 is 0.958 bits per heavy atom. The highest BCUT2D eigenvalue weighted by Crippen LogP contribution is 2.59. The van der Waals surface area contributed by atoms with Crippen LogP contribution in [0.5, 0.6) is 0 Å². The Bertz CT molecular complexity index is 558. The Kier molecular flexibility index (Phi) is 8.85. The molecule has 0 aliphatic rings. The SMILES string of the molecule is CCCCCCCCCn1cc[n+](CC(P(=O)(O)O)P(=O)(O)O)c1.